The van der Waals surface area contributed by atoms with E-state index in [0.717, 1.165) is 35.0 Å². The Morgan fingerprint density at radius 2 is 1.86 bits per heavy atom. The van der Waals surface area contributed by atoms with Crippen LogP contribution in [0.4, 0.5) is 0 Å². The maximum Gasteiger partial charge on any atom is 0.325 e. The van der Waals surface area contributed by atoms with E-state index in [-0.39, 0.29) is 18.4 Å². The fourth-order valence-electron chi connectivity index (χ4n) is 3.14. The molecule has 0 aliphatic rings. The highest BCUT2D eigenvalue weighted by atomic mass is 32.1. The summed E-state index contributed by atoms with van der Waals surface area (Å²) in [6.07, 6.45) is 4.27. The summed E-state index contributed by atoms with van der Waals surface area (Å²) in [6, 6.07) is 16.1. The van der Waals surface area contributed by atoms with E-state index in [0.29, 0.717) is 17.6 Å². The Morgan fingerprint density at radius 1 is 1.07 bits per heavy atom. The van der Waals surface area contributed by atoms with E-state index in [9.17, 15) is 9.59 Å². The number of fused-ring (bicyclic) bond motifs is 1. The molecule has 0 bridgehead atoms. The molecule has 1 heterocycles. The second kappa shape index (κ2) is 10.2. The lowest BCUT2D eigenvalue weighted by molar-refractivity contribution is -0.141. The summed E-state index contributed by atoms with van der Waals surface area (Å²) in [4.78, 5) is 29.3. The summed E-state index contributed by atoms with van der Waals surface area (Å²) in [5.74, 6) is -0.553. The van der Waals surface area contributed by atoms with Crippen molar-refractivity contribution in [1.82, 2.24) is 4.57 Å². The highest BCUT2D eigenvalue weighted by Gasteiger charge is 2.12. The van der Waals surface area contributed by atoms with Gasteiger partial charge in [-0.05, 0) is 42.5 Å². The van der Waals surface area contributed by atoms with Crippen LogP contribution in [0.3, 0.4) is 0 Å². The third kappa shape index (κ3) is 5.64. The van der Waals surface area contributed by atoms with Crippen molar-refractivity contribution in [3.63, 3.8) is 0 Å². The van der Waals surface area contributed by atoms with Crippen molar-refractivity contribution in [3.8, 4) is 0 Å². The van der Waals surface area contributed by atoms with E-state index in [1.54, 1.807) is 4.57 Å². The number of rotatable bonds is 8. The first-order valence-corrected chi connectivity index (χ1v) is 10.7. The van der Waals surface area contributed by atoms with Gasteiger partial charge in [0.2, 0.25) is 5.91 Å². The fraction of sp³-hybridized carbons (Fsp3) is 0.348. The summed E-state index contributed by atoms with van der Waals surface area (Å²) >= 11 is 1.44. The van der Waals surface area contributed by atoms with Crippen molar-refractivity contribution >= 4 is 33.4 Å². The van der Waals surface area contributed by atoms with Gasteiger partial charge in [-0.1, -0.05) is 61.1 Å². The maximum atomic E-state index is 12.5. The van der Waals surface area contributed by atoms with Crippen LogP contribution in [-0.2, 0) is 33.7 Å². The van der Waals surface area contributed by atoms with E-state index in [2.05, 4.69) is 24.0 Å². The Kier molecular flexibility index (Phi) is 7.36. The van der Waals surface area contributed by atoms with E-state index in [1.807, 2.05) is 36.4 Å². The molecule has 152 valence electrons. The highest BCUT2D eigenvalue weighted by Crippen LogP contribution is 2.20. The topological polar surface area (TPSA) is 60.7 Å². The molecule has 5 nitrogen and oxygen atoms in total. The average molecular weight is 411 g/mol. The normalized spacial score (nSPS) is 11.7. The minimum atomic E-state index is -0.363. The number of hydrogen-bond donors (Lipinski definition) is 0. The molecule has 0 unspecified atom stereocenters. The van der Waals surface area contributed by atoms with Gasteiger partial charge in [-0.2, -0.15) is 4.99 Å². The summed E-state index contributed by atoms with van der Waals surface area (Å²) in [5.41, 5.74) is 3.26. The Labute approximate surface area is 174 Å². The number of unbranched alkanes of at least 4 members (excludes halogenated alkanes) is 1. The van der Waals surface area contributed by atoms with Gasteiger partial charge in [0, 0.05) is 6.42 Å². The van der Waals surface area contributed by atoms with Gasteiger partial charge < -0.3 is 9.30 Å². The minimum Gasteiger partial charge on any atom is -0.468 e. The molecule has 0 fully saturated rings. The van der Waals surface area contributed by atoms with Crippen molar-refractivity contribution in [2.45, 2.75) is 45.6 Å². The number of nitrogens with zero attached hydrogens (tertiary/aromatic N) is 2. The molecule has 6 heteroatoms. The van der Waals surface area contributed by atoms with Crippen LogP contribution in [0, 0.1) is 0 Å². The monoisotopic (exact) mass is 410 g/mol. The highest BCUT2D eigenvalue weighted by molar-refractivity contribution is 7.16. The number of thiazole rings is 1. The zero-order valence-electron chi connectivity index (χ0n) is 16.9. The number of carbonyl (C=O) groups excluding carboxylic acids is 2. The molecule has 3 aromatic rings. The zero-order valence-corrected chi connectivity index (χ0v) is 17.7. The molecule has 0 aliphatic carbocycles. The Hall–Kier alpha value is -2.73. The molecule has 0 radical (unpaired) electrons. The van der Waals surface area contributed by atoms with E-state index >= 15 is 0 Å². The molecular weight excluding hydrogens is 384 g/mol. The third-order valence-electron chi connectivity index (χ3n) is 4.77. The van der Waals surface area contributed by atoms with Crippen molar-refractivity contribution in [2.75, 3.05) is 7.11 Å². The summed E-state index contributed by atoms with van der Waals surface area (Å²) < 4.78 is 7.63. The van der Waals surface area contributed by atoms with E-state index in [1.165, 1.54) is 24.0 Å². The number of amides is 1. The predicted octanol–water partition coefficient (Wildman–Crippen LogP) is 4.28. The van der Waals surface area contributed by atoms with Gasteiger partial charge in [0.05, 0.1) is 17.3 Å². The van der Waals surface area contributed by atoms with Crippen LogP contribution in [0.2, 0.25) is 0 Å². The molecule has 0 spiro atoms. The van der Waals surface area contributed by atoms with Gasteiger partial charge in [0.25, 0.3) is 0 Å². The molecule has 29 heavy (non-hydrogen) atoms. The van der Waals surface area contributed by atoms with Crippen LogP contribution in [0.15, 0.2) is 53.5 Å². The summed E-state index contributed by atoms with van der Waals surface area (Å²) in [6.45, 7) is 2.21. The fourth-order valence-corrected chi connectivity index (χ4v) is 4.25. The summed E-state index contributed by atoms with van der Waals surface area (Å²) in [7, 11) is 1.36. The third-order valence-corrected chi connectivity index (χ3v) is 5.81. The number of esters is 1. The minimum absolute atomic E-state index is 0.0373. The molecule has 1 amide bonds. The van der Waals surface area contributed by atoms with Crippen molar-refractivity contribution in [2.24, 2.45) is 4.99 Å². The SMILES string of the molecule is CCCCc1ccc2c(c1)sc(=NC(=O)CCc1ccccc1)n2CC(=O)OC. The number of benzene rings is 2. The largest absolute Gasteiger partial charge is 0.468 e. The standard InChI is InChI=1S/C23H26N2O3S/c1-3-4-8-18-11-13-19-20(15-18)29-23(25(19)16-22(27)28-2)24-21(26)14-12-17-9-6-5-7-10-17/h5-7,9-11,13,15H,3-4,8,12,14,16H2,1-2H3. The Morgan fingerprint density at radius 3 is 2.59 bits per heavy atom. The van der Waals surface area contributed by atoms with Gasteiger partial charge >= 0.3 is 5.97 Å². The lowest BCUT2D eigenvalue weighted by Crippen LogP contribution is -2.22. The predicted molar refractivity (Wildman–Crippen MR) is 116 cm³/mol. The Balaban J connectivity index is 1.90. The number of carbonyl (C=O) groups is 2. The first-order valence-electron chi connectivity index (χ1n) is 9.91. The number of aromatic nitrogens is 1. The van der Waals surface area contributed by atoms with Crippen LogP contribution in [0.25, 0.3) is 10.2 Å². The van der Waals surface area contributed by atoms with Crippen molar-refractivity contribution in [3.05, 3.63) is 64.5 Å². The molecule has 0 atom stereocenters. The molecule has 0 N–H and O–H groups in total. The molecule has 0 saturated carbocycles. The lowest BCUT2D eigenvalue weighted by Gasteiger charge is -2.05. The summed E-state index contributed by atoms with van der Waals surface area (Å²) in [5, 5.41) is 0. The van der Waals surface area contributed by atoms with Crippen LogP contribution >= 0.6 is 11.3 Å². The second-order valence-electron chi connectivity index (χ2n) is 6.94. The first kappa shape index (κ1) is 21.0. The average Bonchev–Trinajstić information content (AvgIpc) is 3.07. The van der Waals surface area contributed by atoms with Crippen LogP contribution in [0.1, 0.15) is 37.3 Å². The quantitative estimate of drug-likeness (QED) is 0.521. The number of hydrogen-bond acceptors (Lipinski definition) is 4. The molecule has 0 saturated heterocycles. The van der Waals surface area contributed by atoms with Crippen LogP contribution < -0.4 is 4.80 Å². The van der Waals surface area contributed by atoms with Crippen LogP contribution in [0.5, 0.6) is 0 Å². The first-order chi connectivity index (χ1) is 14.1. The van der Waals surface area contributed by atoms with Gasteiger partial charge in [-0.3, -0.25) is 9.59 Å². The molecular formula is C23H26N2O3S. The molecule has 0 aliphatic heterocycles. The Bertz CT molecular complexity index is 1050. The number of methoxy groups -OCH3 is 1. The second-order valence-corrected chi connectivity index (χ2v) is 7.95. The maximum absolute atomic E-state index is 12.5. The van der Waals surface area contributed by atoms with Gasteiger partial charge in [-0.15, -0.1) is 0 Å². The van der Waals surface area contributed by atoms with E-state index in [4.69, 9.17) is 4.74 Å². The van der Waals surface area contributed by atoms with Crippen molar-refractivity contribution in [1.29, 1.82) is 0 Å². The molecule has 3 rings (SSSR count). The smallest absolute Gasteiger partial charge is 0.325 e. The van der Waals surface area contributed by atoms with Crippen LogP contribution in [-0.4, -0.2) is 23.6 Å². The molecule has 2 aromatic carbocycles. The molecule has 1 aromatic heterocycles. The van der Waals surface area contributed by atoms with E-state index < -0.39 is 0 Å². The van der Waals surface area contributed by atoms with Gasteiger partial charge in [-0.25, -0.2) is 0 Å². The zero-order chi connectivity index (χ0) is 20.6. The number of ether oxygens (including phenoxy) is 1. The van der Waals surface area contributed by atoms with Crippen molar-refractivity contribution < 1.29 is 14.3 Å². The number of aryl methyl sites for hydroxylation is 2. The van der Waals surface area contributed by atoms with Gasteiger partial charge in [0.1, 0.15) is 6.54 Å². The lowest BCUT2D eigenvalue weighted by atomic mass is 10.1. The van der Waals surface area contributed by atoms with Gasteiger partial charge in [0.15, 0.2) is 4.80 Å².